The van der Waals surface area contributed by atoms with Crippen molar-refractivity contribution >= 4 is 15.9 Å². The van der Waals surface area contributed by atoms with Crippen molar-refractivity contribution in [2.75, 3.05) is 78.5 Å². The highest BCUT2D eigenvalue weighted by Crippen LogP contribution is 2.30. The van der Waals surface area contributed by atoms with Gasteiger partial charge in [-0.25, -0.2) is 17.6 Å². The van der Waals surface area contributed by atoms with Crippen LogP contribution < -0.4 is 14.8 Å². The Kier molecular flexibility index (Phi) is 21.1. The molecule has 1 N–H and O–H groups in total. The molecule has 2 atom stereocenters. The van der Waals surface area contributed by atoms with Crippen LogP contribution in [0.2, 0.25) is 0 Å². The van der Waals surface area contributed by atoms with E-state index in [9.17, 15) is 17.6 Å². The molecule has 0 bridgehead atoms. The maximum Gasteiger partial charge on any atom is 0.165 e. The van der Waals surface area contributed by atoms with Crippen molar-refractivity contribution in [3.05, 3.63) is 192 Å². The predicted molar refractivity (Wildman–Crippen MR) is 263 cm³/mol. The predicted octanol–water partition coefficient (Wildman–Crippen LogP) is 11.0. The Hall–Kier alpha value is -5.18. The van der Waals surface area contributed by atoms with Crippen LogP contribution in [0.3, 0.4) is 0 Å². The lowest BCUT2D eigenvalue weighted by atomic mass is 9.94. The molecule has 2 fully saturated rings. The lowest BCUT2D eigenvalue weighted by Crippen LogP contribution is -2.40. The molecule has 67 heavy (non-hydrogen) atoms. The Morgan fingerprint density at radius 2 is 1.01 bits per heavy atom. The number of likely N-dealkylation sites (tertiary alicyclic amines) is 1. The molecule has 2 aliphatic heterocycles. The lowest BCUT2D eigenvalue weighted by molar-refractivity contribution is 0.127. The fourth-order valence-electron chi connectivity index (χ4n) is 8.71. The molecule has 0 spiro atoms. The number of para-hydroxylation sites is 2. The molecule has 2 unspecified atom stereocenters. The van der Waals surface area contributed by atoms with Crippen LogP contribution in [-0.2, 0) is 0 Å². The highest BCUT2D eigenvalue weighted by atomic mass is 79.9. The molecule has 2 saturated heterocycles. The molecule has 0 amide bonds. The van der Waals surface area contributed by atoms with Crippen LogP contribution >= 0.6 is 15.9 Å². The van der Waals surface area contributed by atoms with Gasteiger partial charge in [-0.15, -0.1) is 0 Å². The van der Waals surface area contributed by atoms with E-state index in [2.05, 4.69) is 60.0 Å². The molecule has 2 aromatic heterocycles. The number of benzene rings is 4. The number of alkyl halides is 1. The number of piperidine rings is 2. The van der Waals surface area contributed by atoms with E-state index in [1.54, 1.807) is 36.4 Å². The second-order valence-electron chi connectivity index (χ2n) is 17.0. The van der Waals surface area contributed by atoms with Gasteiger partial charge in [0.15, 0.2) is 23.1 Å². The Balaban J connectivity index is 0.000000188. The normalized spacial score (nSPS) is 15.5. The summed E-state index contributed by atoms with van der Waals surface area (Å²) in [5, 5.41) is 4.12. The Morgan fingerprint density at radius 1 is 0.582 bits per heavy atom. The van der Waals surface area contributed by atoms with Gasteiger partial charge in [-0.05, 0) is 162 Å². The smallest absolute Gasteiger partial charge is 0.165 e. The topological polar surface area (TPSA) is 66.0 Å². The highest BCUT2D eigenvalue weighted by Gasteiger charge is 2.27. The monoisotopic (exact) mass is 982 g/mol. The molecular weight excluding hydrogens is 921 g/mol. The summed E-state index contributed by atoms with van der Waals surface area (Å²) in [6.45, 7) is 7.95. The minimum atomic E-state index is -0.317. The van der Waals surface area contributed by atoms with Gasteiger partial charge in [-0.3, -0.25) is 24.7 Å². The first-order valence-corrected chi connectivity index (χ1v) is 24.3. The highest BCUT2D eigenvalue weighted by molar-refractivity contribution is 9.09. The summed E-state index contributed by atoms with van der Waals surface area (Å²) >= 11 is 3.18. The van der Waals surface area contributed by atoms with Gasteiger partial charge in [0.25, 0.3) is 0 Å². The molecule has 0 aliphatic carbocycles. The largest absolute Gasteiger partial charge is 0.490 e. The number of ether oxygens (including phenoxy) is 2. The van der Waals surface area contributed by atoms with Crippen LogP contribution in [0.15, 0.2) is 146 Å². The maximum atomic E-state index is 13.7. The van der Waals surface area contributed by atoms with Crippen LogP contribution in [0.25, 0.3) is 0 Å². The van der Waals surface area contributed by atoms with Crippen molar-refractivity contribution in [3.8, 4) is 11.5 Å². The van der Waals surface area contributed by atoms with E-state index in [0.717, 1.165) is 81.2 Å². The van der Waals surface area contributed by atoms with Crippen LogP contribution in [-0.4, -0.2) is 103 Å². The number of hydrogen-bond donors (Lipinski definition) is 1. The van der Waals surface area contributed by atoms with Gasteiger partial charge in [-0.2, -0.15) is 0 Å². The number of pyridine rings is 2. The number of nitrogens with zero attached hydrogens (tertiary/aromatic N) is 5. The van der Waals surface area contributed by atoms with Crippen molar-refractivity contribution in [2.45, 2.75) is 37.8 Å². The first-order chi connectivity index (χ1) is 32.7. The maximum absolute atomic E-state index is 13.7. The number of halogens is 5. The van der Waals surface area contributed by atoms with Crippen molar-refractivity contribution in [1.29, 1.82) is 0 Å². The molecule has 0 radical (unpaired) electrons. The number of nitrogens with one attached hydrogen (secondary N) is 1. The van der Waals surface area contributed by atoms with E-state index < -0.39 is 0 Å². The molecule has 8 rings (SSSR count). The summed E-state index contributed by atoms with van der Waals surface area (Å²) in [6.07, 6.45) is 8.25. The fourth-order valence-corrected chi connectivity index (χ4v) is 8.87. The Labute approximate surface area is 402 Å². The first kappa shape index (κ1) is 51.2. The number of rotatable bonds is 17. The first-order valence-electron chi connectivity index (χ1n) is 23.2. The van der Waals surface area contributed by atoms with Gasteiger partial charge >= 0.3 is 0 Å². The van der Waals surface area contributed by atoms with E-state index in [0.29, 0.717) is 41.9 Å². The van der Waals surface area contributed by atoms with Crippen LogP contribution in [0, 0.1) is 35.1 Å². The van der Waals surface area contributed by atoms with E-state index >= 15 is 0 Å². The Morgan fingerprint density at radius 3 is 1.45 bits per heavy atom. The van der Waals surface area contributed by atoms with Gasteiger partial charge in [0.05, 0.1) is 30.1 Å². The quantitative estimate of drug-likeness (QED) is 0.0716. The van der Waals surface area contributed by atoms with Crippen molar-refractivity contribution < 1.29 is 27.0 Å². The van der Waals surface area contributed by atoms with Crippen LogP contribution in [0.4, 0.5) is 17.6 Å². The summed E-state index contributed by atoms with van der Waals surface area (Å²) in [5.41, 5.74) is 4.10. The third kappa shape index (κ3) is 16.5. The molecule has 6 aromatic rings. The van der Waals surface area contributed by atoms with E-state index in [4.69, 9.17) is 9.47 Å². The zero-order chi connectivity index (χ0) is 47.2. The number of aromatic nitrogens is 2. The molecule has 13 heteroatoms. The summed E-state index contributed by atoms with van der Waals surface area (Å²) in [7, 11) is 4.27. The lowest BCUT2D eigenvalue weighted by Gasteiger charge is -2.36. The molecule has 2 aliphatic rings. The van der Waals surface area contributed by atoms with Crippen molar-refractivity contribution in [3.63, 3.8) is 0 Å². The average molecular weight is 984 g/mol. The summed E-state index contributed by atoms with van der Waals surface area (Å²) < 4.78 is 63.9. The van der Waals surface area contributed by atoms with Crippen LogP contribution in [0.5, 0.6) is 11.5 Å². The molecular formula is C54H63BrF4N6O2. The van der Waals surface area contributed by atoms with E-state index in [1.807, 2.05) is 73.1 Å². The zero-order valence-electron chi connectivity index (χ0n) is 38.5. The van der Waals surface area contributed by atoms with Gasteiger partial charge in [0.1, 0.15) is 18.2 Å². The fraction of sp³-hybridized carbons (Fsp3) is 0.370. The minimum absolute atomic E-state index is 0.0148. The van der Waals surface area contributed by atoms with Gasteiger partial charge in [0.2, 0.25) is 0 Å². The standard InChI is InChI=1S/C27H31F2N3O.C19H24FN3.C8H8BrFO/c1-31(27(25-7-4-5-15-30-25)22-9-11-23(28)12-10-22)20-21-13-16-32(17-14-21)18-19-33-26-8-3-2-6-24(26)29;1-23(14-15-9-12-21-13-10-15)19(18-4-2-3-11-22-18)16-5-7-17(20)8-6-16;9-5-6-11-8-4-2-1-3-7(8)10/h2-12,15,21,27H,13-14,16-20H2,1H3;2-8,11,15,19,21H,9-10,12-14H2,1H3;1-4H,5-6H2. The Bertz CT molecular complexity index is 2290. The van der Waals surface area contributed by atoms with Gasteiger partial charge in [-0.1, -0.05) is 76.6 Å². The van der Waals surface area contributed by atoms with Crippen LogP contribution in [0.1, 0.15) is 60.3 Å². The summed E-state index contributed by atoms with van der Waals surface area (Å²) in [4.78, 5) is 16.2. The third-order valence-corrected chi connectivity index (χ3v) is 12.4. The summed E-state index contributed by atoms with van der Waals surface area (Å²) in [6, 6.07) is 38.4. The van der Waals surface area contributed by atoms with Gasteiger partial charge in [0, 0.05) is 37.4 Å². The average Bonchev–Trinajstić information content (AvgIpc) is 3.35. The van der Waals surface area contributed by atoms with Crippen molar-refractivity contribution in [1.82, 2.24) is 30.0 Å². The molecule has 0 saturated carbocycles. The second-order valence-corrected chi connectivity index (χ2v) is 17.8. The number of hydrogen-bond acceptors (Lipinski definition) is 8. The van der Waals surface area contributed by atoms with E-state index in [-0.39, 0.29) is 35.4 Å². The third-order valence-electron chi connectivity index (χ3n) is 12.1. The summed E-state index contributed by atoms with van der Waals surface area (Å²) in [5.74, 6) is 0.846. The molecule has 8 nitrogen and oxygen atoms in total. The SMILES string of the molecule is CN(CC1CCN(CCOc2ccccc2F)CC1)C(c1ccc(F)cc1)c1ccccn1.CN(CC1CCNCC1)C(c1ccc(F)cc1)c1ccccn1.Fc1ccccc1OCCBr. The second kappa shape index (κ2) is 27.6. The van der Waals surface area contributed by atoms with Gasteiger partial charge < -0.3 is 14.8 Å². The molecule has 356 valence electrons. The molecule has 4 heterocycles. The van der Waals surface area contributed by atoms with E-state index in [1.165, 1.54) is 49.2 Å². The van der Waals surface area contributed by atoms with Crippen molar-refractivity contribution in [2.24, 2.45) is 11.8 Å². The minimum Gasteiger partial charge on any atom is -0.490 e. The molecule has 4 aromatic carbocycles. The zero-order valence-corrected chi connectivity index (χ0v) is 40.1.